The average Bonchev–Trinajstić information content (AvgIpc) is 3.29. The fourth-order valence-electron chi connectivity index (χ4n) is 2.83. The summed E-state index contributed by atoms with van der Waals surface area (Å²) in [6.45, 7) is 4.26. The molecule has 0 bridgehead atoms. The highest BCUT2D eigenvalue weighted by Gasteiger charge is 2.25. The summed E-state index contributed by atoms with van der Waals surface area (Å²) in [6, 6.07) is 14.0. The van der Waals surface area contributed by atoms with E-state index >= 15 is 0 Å². The summed E-state index contributed by atoms with van der Waals surface area (Å²) >= 11 is 0. The van der Waals surface area contributed by atoms with Crippen LogP contribution in [0.15, 0.2) is 63.9 Å². The molecule has 0 saturated carbocycles. The van der Waals surface area contributed by atoms with Crippen molar-refractivity contribution < 1.29 is 13.7 Å². The summed E-state index contributed by atoms with van der Waals surface area (Å²) in [5, 5.41) is 3.82. The third kappa shape index (κ3) is 4.18. The molecule has 1 atom stereocenters. The fraction of sp³-hybridized carbons (Fsp3) is 0.300. The Hall–Kier alpha value is -2.82. The molecule has 0 aliphatic heterocycles. The topological polar surface area (TPSA) is 59.5 Å². The SMILES string of the molecule is Cc1nocc1C(=O)N(Cc1ccco1)[C@@H](C)CCc1ccccc1. The quantitative estimate of drug-likeness (QED) is 0.646. The van der Waals surface area contributed by atoms with Gasteiger partial charge >= 0.3 is 0 Å². The van der Waals surface area contributed by atoms with Gasteiger partial charge in [-0.1, -0.05) is 35.5 Å². The third-order valence-electron chi connectivity index (χ3n) is 4.37. The van der Waals surface area contributed by atoms with E-state index in [0.29, 0.717) is 17.8 Å². The largest absolute Gasteiger partial charge is 0.467 e. The van der Waals surface area contributed by atoms with Crippen LogP contribution in [-0.4, -0.2) is 22.0 Å². The van der Waals surface area contributed by atoms with E-state index in [-0.39, 0.29) is 11.9 Å². The number of benzene rings is 1. The third-order valence-corrected chi connectivity index (χ3v) is 4.37. The van der Waals surface area contributed by atoms with Gasteiger partial charge in [0.05, 0.1) is 18.5 Å². The summed E-state index contributed by atoms with van der Waals surface area (Å²) in [5.41, 5.74) is 2.36. The van der Waals surface area contributed by atoms with Gasteiger partial charge in [-0.15, -0.1) is 0 Å². The Morgan fingerprint density at radius 2 is 2.00 bits per heavy atom. The number of aromatic nitrogens is 1. The molecule has 0 radical (unpaired) electrons. The van der Waals surface area contributed by atoms with Crippen molar-refractivity contribution in [3.05, 3.63) is 77.6 Å². The van der Waals surface area contributed by atoms with E-state index in [0.717, 1.165) is 18.6 Å². The summed E-state index contributed by atoms with van der Waals surface area (Å²) in [7, 11) is 0. The van der Waals surface area contributed by atoms with Crippen LogP contribution in [0.1, 0.15) is 40.7 Å². The number of rotatable bonds is 7. The molecule has 0 saturated heterocycles. The number of nitrogens with zero attached hydrogens (tertiary/aromatic N) is 2. The van der Waals surface area contributed by atoms with Gasteiger partial charge in [0.15, 0.2) is 0 Å². The molecule has 3 rings (SSSR count). The zero-order valence-corrected chi connectivity index (χ0v) is 14.5. The number of aryl methyl sites for hydroxylation is 2. The second-order valence-corrected chi connectivity index (χ2v) is 6.20. The lowest BCUT2D eigenvalue weighted by molar-refractivity contribution is 0.0650. The van der Waals surface area contributed by atoms with Gasteiger partial charge in [-0.2, -0.15) is 0 Å². The highest BCUT2D eigenvalue weighted by atomic mass is 16.5. The zero-order chi connectivity index (χ0) is 17.6. The first-order valence-electron chi connectivity index (χ1n) is 8.43. The molecule has 0 unspecified atom stereocenters. The van der Waals surface area contributed by atoms with Crippen molar-refractivity contribution in [3.8, 4) is 0 Å². The van der Waals surface area contributed by atoms with Crippen molar-refractivity contribution in [3.63, 3.8) is 0 Å². The molecule has 0 fully saturated rings. The Balaban J connectivity index is 1.75. The Bertz CT molecular complexity index is 793. The molecule has 5 nitrogen and oxygen atoms in total. The zero-order valence-electron chi connectivity index (χ0n) is 14.5. The van der Waals surface area contributed by atoms with Crippen molar-refractivity contribution in [2.45, 2.75) is 39.3 Å². The Kier molecular flexibility index (Phi) is 5.33. The first-order valence-corrected chi connectivity index (χ1v) is 8.43. The maximum Gasteiger partial charge on any atom is 0.259 e. The predicted octanol–water partition coefficient (Wildman–Crippen LogP) is 4.24. The molecule has 2 heterocycles. The van der Waals surface area contributed by atoms with Crippen molar-refractivity contribution >= 4 is 5.91 Å². The number of carbonyl (C=O) groups is 1. The van der Waals surface area contributed by atoms with Crippen molar-refractivity contribution in [2.75, 3.05) is 0 Å². The van der Waals surface area contributed by atoms with Crippen molar-refractivity contribution in [1.29, 1.82) is 0 Å². The van der Waals surface area contributed by atoms with E-state index in [1.807, 2.05) is 35.2 Å². The minimum atomic E-state index is -0.0873. The highest BCUT2D eigenvalue weighted by molar-refractivity contribution is 5.95. The van der Waals surface area contributed by atoms with Crippen LogP contribution in [-0.2, 0) is 13.0 Å². The number of furan rings is 1. The second kappa shape index (κ2) is 7.83. The first-order chi connectivity index (χ1) is 12.1. The second-order valence-electron chi connectivity index (χ2n) is 6.20. The summed E-state index contributed by atoms with van der Waals surface area (Å²) in [4.78, 5) is 14.8. The predicted molar refractivity (Wildman–Crippen MR) is 94.0 cm³/mol. The van der Waals surface area contributed by atoms with Gasteiger partial charge in [0, 0.05) is 6.04 Å². The molecule has 0 N–H and O–H groups in total. The van der Waals surface area contributed by atoms with E-state index in [9.17, 15) is 4.79 Å². The standard InChI is InChI=1S/C20H22N2O3/c1-15(10-11-17-7-4-3-5-8-17)22(13-18-9-6-12-24-18)20(23)19-14-25-21-16(19)2/h3-9,12,14-15H,10-11,13H2,1-2H3/t15-/m0/s1. The molecule has 3 aromatic rings. The lowest BCUT2D eigenvalue weighted by atomic mass is 10.0. The molecule has 1 aromatic carbocycles. The maximum absolute atomic E-state index is 13.0. The average molecular weight is 338 g/mol. The summed E-state index contributed by atoms with van der Waals surface area (Å²) in [5.74, 6) is 0.671. The number of hydrogen-bond acceptors (Lipinski definition) is 4. The van der Waals surface area contributed by atoms with E-state index in [1.54, 1.807) is 13.2 Å². The normalized spacial score (nSPS) is 12.1. The number of amides is 1. The molecule has 0 spiro atoms. The van der Waals surface area contributed by atoms with Crippen LogP contribution in [0, 0.1) is 6.92 Å². The maximum atomic E-state index is 13.0. The van der Waals surface area contributed by atoms with Gasteiger partial charge in [0.25, 0.3) is 5.91 Å². The van der Waals surface area contributed by atoms with Crippen LogP contribution in [0.25, 0.3) is 0 Å². The molecule has 1 amide bonds. The minimum Gasteiger partial charge on any atom is -0.467 e. The van der Waals surface area contributed by atoms with Crippen LogP contribution >= 0.6 is 0 Å². The molecule has 25 heavy (non-hydrogen) atoms. The van der Waals surface area contributed by atoms with Gasteiger partial charge in [-0.05, 0) is 44.4 Å². The fourth-order valence-corrected chi connectivity index (χ4v) is 2.83. The lowest BCUT2D eigenvalue weighted by Crippen LogP contribution is -2.38. The highest BCUT2D eigenvalue weighted by Crippen LogP contribution is 2.19. The molecule has 130 valence electrons. The molecule has 5 heteroatoms. The smallest absolute Gasteiger partial charge is 0.259 e. The molecular formula is C20H22N2O3. The monoisotopic (exact) mass is 338 g/mol. The van der Waals surface area contributed by atoms with Gasteiger partial charge in [-0.25, -0.2) is 0 Å². The number of carbonyl (C=O) groups excluding carboxylic acids is 1. The van der Waals surface area contributed by atoms with Crippen LogP contribution in [0.5, 0.6) is 0 Å². The van der Waals surface area contributed by atoms with Crippen molar-refractivity contribution in [2.24, 2.45) is 0 Å². The molecule has 2 aromatic heterocycles. The van der Waals surface area contributed by atoms with Crippen LogP contribution in [0.2, 0.25) is 0 Å². The first kappa shape index (κ1) is 17.0. The van der Waals surface area contributed by atoms with E-state index < -0.39 is 0 Å². The van der Waals surface area contributed by atoms with Gasteiger partial charge < -0.3 is 13.8 Å². The van der Waals surface area contributed by atoms with Gasteiger partial charge in [0.1, 0.15) is 17.6 Å². The summed E-state index contributed by atoms with van der Waals surface area (Å²) in [6.07, 6.45) is 4.81. The van der Waals surface area contributed by atoms with Crippen LogP contribution < -0.4 is 0 Å². The van der Waals surface area contributed by atoms with E-state index in [4.69, 9.17) is 8.94 Å². The van der Waals surface area contributed by atoms with Gasteiger partial charge in [0.2, 0.25) is 0 Å². The number of hydrogen-bond donors (Lipinski definition) is 0. The Morgan fingerprint density at radius 1 is 1.20 bits per heavy atom. The Morgan fingerprint density at radius 3 is 2.64 bits per heavy atom. The minimum absolute atomic E-state index is 0.0482. The molecule has 0 aliphatic rings. The summed E-state index contributed by atoms with van der Waals surface area (Å²) < 4.78 is 10.4. The van der Waals surface area contributed by atoms with Crippen LogP contribution in [0.3, 0.4) is 0 Å². The molecule has 0 aliphatic carbocycles. The van der Waals surface area contributed by atoms with Crippen LogP contribution in [0.4, 0.5) is 0 Å². The van der Waals surface area contributed by atoms with Gasteiger partial charge in [-0.3, -0.25) is 4.79 Å². The van der Waals surface area contributed by atoms with E-state index in [2.05, 4.69) is 24.2 Å². The van der Waals surface area contributed by atoms with Crippen molar-refractivity contribution in [1.82, 2.24) is 10.1 Å². The lowest BCUT2D eigenvalue weighted by Gasteiger charge is -2.28. The van der Waals surface area contributed by atoms with E-state index in [1.165, 1.54) is 11.8 Å². The molecular weight excluding hydrogens is 316 g/mol. The Labute approximate surface area is 147 Å².